The van der Waals surface area contributed by atoms with Crippen molar-refractivity contribution in [1.82, 2.24) is 5.32 Å². The summed E-state index contributed by atoms with van der Waals surface area (Å²) < 4.78 is 0. The molecule has 0 atom stereocenters. The van der Waals surface area contributed by atoms with Crippen LogP contribution in [-0.2, 0) is 0 Å². The number of nitrogens with one attached hydrogen (secondary N) is 2. The van der Waals surface area contributed by atoms with Crippen LogP contribution < -0.4 is 16.4 Å². The first kappa shape index (κ1) is 11.4. The molecule has 0 aliphatic carbocycles. The van der Waals surface area contributed by atoms with Crippen LogP contribution in [0, 0.1) is 6.92 Å². The van der Waals surface area contributed by atoms with Crippen LogP contribution in [0.3, 0.4) is 0 Å². The molecule has 0 radical (unpaired) electrons. The molecule has 0 aromatic heterocycles. The first-order valence-corrected chi connectivity index (χ1v) is 6.00. The lowest BCUT2D eigenvalue weighted by Crippen LogP contribution is -2.52. The molecule has 3 nitrogen and oxygen atoms in total. The van der Waals surface area contributed by atoms with Crippen LogP contribution in [0.25, 0.3) is 0 Å². The van der Waals surface area contributed by atoms with E-state index in [1.54, 1.807) is 0 Å². The highest BCUT2D eigenvalue weighted by Crippen LogP contribution is 2.23. The number of hydrogen-bond acceptors (Lipinski definition) is 3. The Morgan fingerprint density at radius 2 is 2.12 bits per heavy atom. The molecule has 16 heavy (non-hydrogen) atoms. The molecule has 1 aromatic rings. The Hall–Kier alpha value is -1.06. The minimum atomic E-state index is 0.0824. The number of benzene rings is 1. The van der Waals surface area contributed by atoms with Crippen molar-refractivity contribution in [2.45, 2.75) is 25.3 Å². The van der Waals surface area contributed by atoms with E-state index in [1.807, 2.05) is 0 Å². The molecular weight excluding hydrogens is 198 g/mol. The zero-order chi connectivity index (χ0) is 11.4. The smallest absolute Gasteiger partial charge is 0.0519 e. The van der Waals surface area contributed by atoms with Gasteiger partial charge in [-0.05, 0) is 50.6 Å². The van der Waals surface area contributed by atoms with E-state index in [-0.39, 0.29) is 5.54 Å². The van der Waals surface area contributed by atoms with Gasteiger partial charge in [-0.25, -0.2) is 0 Å². The summed E-state index contributed by atoms with van der Waals surface area (Å²) in [5.74, 6) is 0. The van der Waals surface area contributed by atoms with Crippen molar-refractivity contribution in [3.05, 3.63) is 29.8 Å². The fraction of sp³-hybridized carbons (Fsp3) is 0.538. The molecule has 1 saturated heterocycles. The average molecular weight is 219 g/mol. The Morgan fingerprint density at radius 1 is 1.38 bits per heavy atom. The van der Waals surface area contributed by atoms with Crippen LogP contribution in [0.2, 0.25) is 0 Å². The average Bonchev–Trinajstić information content (AvgIpc) is 2.30. The topological polar surface area (TPSA) is 50.1 Å². The predicted octanol–water partition coefficient (Wildman–Crippen LogP) is 1.49. The molecule has 3 heteroatoms. The zero-order valence-electron chi connectivity index (χ0n) is 9.92. The first-order valence-electron chi connectivity index (χ1n) is 6.00. The molecule has 1 fully saturated rings. The van der Waals surface area contributed by atoms with Crippen molar-refractivity contribution in [1.29, 1.82) is 0 Å². The minimum Gasteiger partial charge on any atom is -0.378 e. The number of piperidine rings is 1. The van der Waals surface area contributed by atoms with Gasteiger partial charge in [-0.3, -0.25) is 0 Å². The van der Waals surface area contributed by atoms with E-state index in [2.05, 4.69) is 41.8 Å². The van der Waals surface area contributed by atoms with Crippen LogP contribution in [0.4, 0.5) is 5.69 Å². The third kappa shape index (κ3) is 2.54. The molecule has 0 unspecified atom stereocenters. The Morgan fingerprint density at radius 3 is 2.75 bits per heavy atom. The highest BCUT2D eigenvalue weighted by Gasteiger charge is 2.30. The fourth-order valence-electron chi connectivity index (χ4n) is 2.31. The zero-order valence-corrected chi connectivity index (χ0v) is 9.92. The minimum absolute atomic E-state index is 0.0824. The summed E-state index contributed by atoms with van der Waals surface area (Å²) in [6.07, 6.45) is 2.19. The lowest BCUT2D eigenvalue weighted by molar-refractivity contribution is 0.346. The molecule has 1 aromatic carbocycles. The summed E-state index contributed by atoms with van der Waals surface area (Å²) in [5, 5.41) is 7.00. The van der Waals surface area contributed by atoms with Gasteiger partial charge < -0.3 is 16.4 Å². The summed E-state index contributed by atoms with van der Waals surface area (Å²) in [6, 6.07) is 8.50. The van der Waals surface area contributed by atoms with Crippen molar-refractivity contribution in [2.24, 2.45) is 5.73 Å². The van der Waals surface area contributed by atoms with E-state index in [0.29, 0.717) is 6.54 Å². The summed E-state index contributed by atoms with van der Waals surface area (Å²) >= 11 is 0. The quantitative estimate of drug-likeness (QED) is 0.722. The Balaban J connectivity index is 2.11. The molecule has 2 rings (SSSR count). The van der Waals surface area contributed by atoms with Gasteiger partial charge in [0, 0.05) is 12.2 Å². The van der Waals surface area contributed by atoms with Crippen LogP contribution in [0.1, 0.15) is 18.4 Å². The van der Waals surface area contributed by atoms with Gasteiger partial charge in [0.05, 0.1) is 5.54 Å². The molecule has 0 saturated carbocycles. The second-order valence-corrected chi connectivity index (χ2v) is 4.73. The van der Waals surface area contributed by atoms with Crippen molar-refractivity contribution in [3.8, 4) is 0 Å². The van der Waals surface area contributed by atoms with Gasteiger partial charge in [0.15, 0.2) is 0 Å². The number of hydrogen-bond donors (Lipinski definition) is 3. The standard InChI is InChI=1S/C13H21N3/c1-11-3-2-4-12(9-11)16-13(10-14)5-7-15-8-6-13/h2-4,9,15-16H,5-8,10,14H2,1H3. The van der Waals surface area contributed by atoms with Crippen LogP contribution in [0.15, 0.2) is 24.3 Å². The maximum Gasteiger partial charge on any atom is 0.0519 e. The molecule has 0 bridgehead atoms. The van der Waals surface area contributed by atoms with E-state index in [0.717, 1.165) is 25.9 Å². The Labute approximate surface area is 97.4 Å². The molecule has 1 aliphatic rings. The normalized spacial score (nSPS) is 19.4. The van der Waals surface area contributed by atoms with Gasteiger partial charge in [-0.2, -0.15) is 0 Å². The Bertz CT molecular complexity index is 343. The third-order valence-electron chi connectivity index (χ3n) is 3.38. The van der Waals surface area contributed by atoms with E-state index in [9.17, 15) is 0 Å². The lowest BCUT2D eigenvalue weighted by atomic mass is 9.88. The highest BCUT2D eigenvalue weighted by atomic mass is 15.0. The van der Waals surface area contributed by atoms with E-state index < -0.39 is 0 Å². The van der Waals surface area contributed by atoms with Gasteiger partial charge in [-0.1, -0.05) is 12.1 Å². The van der Waals surface area contributed by atoms with Crippen molar-refractivity contribution >= 4 is 5.69 Å². The molecule has 1 heterocycles. The van der Waals surface area contributed by atoms with Crippen LogP contribution in [-0.4, -0.2) is 25.2 Å². The lowest BCUT2D eigenvalue weighted by Gasteiger charge is -2.38. The van der Waals surface area contributed by atoms with Crippen molar-refractivity contribution < 1.29 is 0 Å². The summed E-state index contributed by atoms with van der Waals surface area (Å²) in [7, 11) is 0. The maximum atomic E-state index is 5.93. The molecular formula is C13H21N3. The molecule has 88 valence electrons. The van der Waals surface area contributed by atoms with Crippen molar-refractivity contribution in [3.63, 3.8) is 0 Å². The van der Waals surface area contributed by atoms with Gasteiger partial charge in [-0.15, -0.1) is 0 Å². The number of rotatable bonds is 3. The molecule has 0 amide bonds. The molecule has 0 spiro atoms. The second kappa shape index (κ2) is 4.85. The van der Waals surface area contributed by atoms with Gasteiger partial charge in [0.2, 0.25) is 0 Å². The SMILES string of the molecule is Cc1cccc(NC2(CN)CCNCC2)c1. The summed E-state index contributed by atoms with van der Waals surface area (Å²) in [6.45, 7) is 4.91. The van der Waals surface area contributed by atoms with Gasteiger partial charge in [0.25, 0.3) is 0 Å². The number of nitrogens with two attached hydrogens (primary N) is 1. The Kier molecular flexibility index (Phi) is 3.46. The fourth-order valence-corrected chi connectivity index (χ4v) is 2.31. The molecule has 1 aliphatic heterocycles. The third-order valence-corrected chi connectivity index (χ3v) is 3.38. The maximum absolute atomic E-state index is 5.93. The van der Waals surface area contributed by atoms with Crippen molar-refractivity contribution in [2.75, 3.05) is 25.0 Å². The highest BCUT2D eigenvalue weighted by molar-refractivity contribution is 5.48. The summed E-state index contributed by atoms with van der Waals surface area (Å²) in [5.41, 5.74) is 8.49. The van der Waals surface area contributed by atoms with Gasteiger partial charge in [0.1, 0.15) is 0 Å². The predicted molar refractivity (Wildman–Crippen MR) is 68.7 cm³/mol. The monoisotopic (exact) mass is 219 g/mol. The van der Waals surface area contributed by atoms with E-state index >= 15 is 0 Å². The second-order valence-electron chi connectivity index (χ2n) is 4.73. The van der Waals surface area contributed by atoms with Gasteiger partial charge >= 0.3 is 0 Å². The number of anilines is 1. The number of aryl methyl sites for hydroxylation is 1. The summed E-state index contributed by atoms with van der Waals surface area (Å²) in [4.78, 5) is 0. The van der Waals surface area contributed by atoms with E-state index in [4.69, 9.17) is 5.73 Å². The largest absolute Gasteiger partial charge is 0.378 e. The van der Waals surface area contributed by atoms with Crippen LogP contribution in [0.5, 0.6) is 0 Å². The van der Waals surface area contributed by atoms with E-state index in [1.165, 1.54) is 11.3 Å². The molecule has 4 N–H and O–H groups in total. The van der Waals surface area contributed by atoms with Crippen LogP contribution >= 0.6 is 0 Å². The first-order chi connectivity index (χ1) is 7.74.